The van der Waals surface area contributed by atoms with E-state index in [2.05, 4.69) is 6.07 Å². The van der Waals surface area contributed by atoms with Crippen LogP contribution in [0.3, 0.4) is 0 Å². The summed E-state index contributed by atoms with van der Waals surface area (Å²) in [6.45, 7) is 0. The normalized spacial score (nSPS) is 13.2. The van der Waals surface area contributed by atoms with E-state index in [4.69, 9.17) is 4.65 Å². The number of hydrogen-bond acceptors (Lipinski definition) is 5. The predicted octanol–water partition coefficient (Wildman–Crippen LogP) is 3.27. The van der Waals surface area contributed by atoms with E-state index < -0.39 is 7.12 Å². The summed E-state index contributed by atoms with van der Waals surface area (Å²) in [7, 11) is 2.84. The van der Waals surface area contributed by atoms with Gasteiger partial charge in [0.2, 0.25) is 0 Å². The summed E-state index contributed by atoms with van der Waals surface area (Å²) in [5.74, 6) is 0.159. The van der Waals surface area contributed by atoms with Gasteiger partial charge in [0.15, 0.2) is 11.5 Å². The molecule has 1 aliphatic rings. The Morgan fingerprint density at radius 3 is 2.46 bits per heavy atom. The summed E-state index contributed by atoms with van der Waals surface area (Å²) >= 11 is 0. The zero-order chi connectivity index (χ0) is 18.4. The maximum Gasteiger partial charge on any atom is 0.560 e. The minimum atomic E-state index is -1.15. The van der Waals surface area contributed by atoms with Crippen molar-refractivity contribution in [2.45, 2.75) is 0 Å². The van der Waals surface area contributed by atoms with Crippen LogP contribution in [0.25, 0.3) is 22.3 Å². The van der Waals surface area contributed by atoms with Gasteiger partial charge >= 0.3 is 7.12 Å². The third-order valence-corrected chi connectivity index (χ3v) is 4.63. The summed E-state index contributed by atoms with van der Waals surface area (Å²) in [5, 5.41) is 31.7. The van der Waals surface area contributed by atoms with Gasteiger partial charge in [0.05, 0.1) is 0 Å². The molecule has 0 atom stereocenters. The molecule has 0 saturated heterocycles. The molecular weight excluding hydrogens is 329 g/mol. The van der Waals surface area contributed by atoms with Crippen molar-refractivity contribution in [1.82, 2.24) is 0 Å². The second-order valence-electron chi connectivity index (χ2n) is 6.55. The molecular formula is C20H18BNO4. The highest BCUT2D eigenvalue weighted by Crippen LogP contribution is 2.39. The first-order valence-electron chi connectivity index (χ1n) is 8.27. The van der Waals surface area contributed by atoms with Gasteiger partial charge in [0.1, 0.15) is 5.75 Å². The van der Waals surface area contributed by atoms with Crippen LogP contribution in [-0.4, -0.2) is 36.5 Å². The Bertz CT molecular complexity index is 1050. The van der Waals surface area contributed by atoms with E-state index in [1.54, 1.807) is 6.07 Å². The highest BCUT2D eigenvalue weighted by molar-refractivity contribution is 6.70. The fraction of sp³-hybridized carbons (Fsp3) is 0.100. The molecule has 0 bridgehead atoms. The number of anilines is 1. The molecule has 4 rings (SSSR count). The van der Waals surface area contributed by atoms with Crippen molar-refractivity contribution in [3.05, 3.63) is 59.7 Å². The number of rotatable bonds is 2. The Kier molecular flexibility index (Phi) is 3.78. The van der Waals surface area contributed by atoms with E-state index in [0.29, 0.717) is 16.8 Å². The van der Waals surface area contributed by atoms with Crippen LogP contribution in [0.15, 0.2) is 48.5 Å². The molecule has 3 aromatic rings. The van der Waals surface area contributed by atoms with Crippen LogP contribution in [-0.2, 0) is 0 Å². The lowest BCUT2D eigenvalue weighted by Gasteiger charge is -2.23. The van der Waals surface area contributed by atoms with Crippen LogP contribution in [0, 0.1) is 0 Å². The Morgan fingerprint density at radius 2 is 1.73 bits per heavy atom. The average molecular weight is 347 g/mol. The molecule has 3 aromatic carbocycles. The highest BCUT2D eigenvalue weighted by Gasteiger charge is 2.30. The maximum atomic E-state index is 10.4. The van der Waals surface area contributed by atoms with E-state index in [-0.39, 0.29) is 11.5 Å². The molecule has 1 heterocycles. The van der Waals surface area contributed by atoms with Crippen LogP contribution in [0.1, 0.15) is 11.1 Å². The molecule has 130 valence electrons. The number of aromatic hydroxyl groups is 2. The summed E-state index contributed by atoms with van der Waals surface area (Å²) in [4.78, 5) is 2.04. The monoisotopic (exact) mass is 347 g/mol. The van der Waals surface area contributed by atoms with Gasteiger partial charge < -0.3 is 24.8 Å². The summed E-state index contributed by atoms with van der Waals surface area (Å²) in [5.41, 5.74) is 3.08. The molecule has 0 aromatic heterocycles. The molecule has 0 fully saturated rings. The molecule has 0 amide bonds. The molecule has 0 saturated carbocycles. The van der Waals surface area contributed by atoms with Crippen LogP contribution in [0.4, 0.5) is 5.69 Å². The van der Waals surface area contributed by atoms with Crippen LogP contribution in [0.2, 0.25) is 0 Å². The third-order valence-electron chi connectivity index (χ3n) is 4.63. The van der Waals surface area contributed by atoms with Crippen molar-refractivity contribution in [2.75, 3.05) is 19.0 Å². The number of hydrogen-bond donors (Lipinski definition) is 3. The van der Waals surface area contributed by atoms with Gasteiger partial charge in [-0.05, 0) is 52.7 Å². The van der Waals surface area contributed by atoms with E-state index >= 15 is 0 Å². The van der Waals surface area contributed by atoms with Gasteiger partial charge in [-0.3, -0.25) is 0 Å². The maximum absolute atomic E-state index is 10.4. The molecule has 0 radical (unpaired) electrons. The SMILES string of the molecule is CN(C)c1ccc2c3c(ccc2c1)OB(O)C(c1ccc(O)c(O)c1)=C3. The van der Waals surface area contributed by atoms with Gasteiger partial charge in [-0.15, -0.1) is 0 Å². The van der Waals surface area contributed by atoms with E-state index in [9.17, 15) is 15.2 Å². The number of phenolic OH excluding ortho intramolecular Hbond substituents is 2. The molecule has 5 nitrogen and oxygen atoms in total. The zero-order valence-electron chi connectivity index (χ0n) is 14.5. The van der Waals surface area contributed by atoms with Crippen molar-refractivity contribution >= 4 is 35.1 Å². The summed E-state index contributed by atoms with van der Waals surface area (Å²) < 4.78 is 5.69. The van der Waals surface area contributed by atoms with E-state index in [1.165, 1.54) is 12.1 Å². The number of nitrogens with zero attached hydrogens (tertiary/aromatic N) is 1. The van der Waals surface area contributed by atoms with Crippen molar-refractivity contribution in [2.24, 2.45) is 0 Å². The lowest BCUT2D eigenvalue weighted by Crippen LogP contribution is -2.27. The molecule has 26 heavy (non-hydrogen) atoms. The van der Waals surface area contributed by atoms with Crippen molar-refractivity contribution in [3.8, 4) is 17.2 Å². The molecule has 0 unspecified atom stereocenters. The fourth-order valence-corrected chi connectivity index (χ4v) is 3.19. The van der Waals surface area contributed by atoms with Gasteiger partial charge in [-0.2, -0.15) is 0 Å². The molecule has 1 aliphatic heterocycles. The second kappa shape index (κ2) is 6.00. The van der Waals surface area contributed by atoms with Crippen LogP contribution >= 0.6 is 0 Å². The predicted molar refractivity (Wildman–Crippen MR) is 105 cm³/mol. The topological polar surface area (TPSA) is 73.2 Å². The quantitative estimate of drug-likeness (QED) is 0.490. The van der Waals surface area contributed by atoms with Gasteiger partial charge in [0.25, 0.3) is 0 Å². The Hall–Kier alpha value is -3.12. The molecule has 3 N–H and O–H groups in total. The van der Waals surface area contributed by atoms with E-state index in [1.807, 2.05) is 49.3 Å². The van der Waals surface area contributed by atoms with Gasteiger partial charge in [-0.1, -0.05) is 18.2 Å². The first kappa shape index (κ1) is 16.4. The molecule has 0 spiro atoms. The van der Waals surface area contributed by atoms with Crippen LogP contribution in [0.5, 0.6) is 17.2 Å². The first-order chi connectivity index (χ1) is 12.4. The number of phenols is 2. The standard InChI is InChI=1S/C20H18BNO4/c1-22(2)14-5-6-15-12(9-14)4-8-20-16(15)11-17(21(25)26-20)13-3-7-18(23)19(24)10-13/h3-11,23-25H,1-2H3. The van der Waals surface area contributed by atoms with Crippen molar-refractivity contribution in [3.63, 3.8) is 0 Å². The van der Waals surface area contributed by atoms with Gasteiger partial charge in [-0.25, -0.2) is 0 Å². The lowest BCUT2D eigenvalue weighted by molar-refractivity contribution is 0.403. The zero-order valence-corrected chi connectivity index (χ0v) is 14.5. The highest BCUT2D eigenvalue weighted by atomic mass is 16.5. The summed E-state index contributed by atoms with van der Waals surface area (Å²) in [6.07, 6.45) is 1.87. The third kappa shape index (κ3) is 2.64. The van der Waals surface area contributed by atoms with Crippen molar-refractivity contribution in [1.29, 1.82) is 0 Å². The largest absolute Gasteiger partial charge is 0.560 e. The molecule has 6 heteroatoms. The van der Waals surface area contributed by atoms with E-state index in [0.717, 1.165) is 22.0 Å². The Morgan fingerprint density at radius 1 is 0.923 bits per heavy atom. The number of fused-ring (bicyclic) bond motifs is 3. The minimum absolute atomic E-state index is 0.206. The lowest BCUT2D eigenvalue weighted by atomic mass is 9.71. The second-order valence-corrected chi connectivity index (χ2v) is 6.55. The number of benzene rings is 3. The van der Waals surface area contributed by atoms with Crippen LogP contribution < -0.4 is 9.55 Å². The smallest absolute Gasteiger partial charge is 0.532 e. The van der Waals surface area contributed by atoms with Crippen molar-refractivity contribution < 1.29 is 19.9 Å². The Balaban J connectivity index is 1.89. The first-order valence-corrected chi connectivity index (χ1v) is 8.27. The summed E-state index contributed by atoms with van der Waals surface area (Å²) in [6, 6.07) is 14.4. The average Bonchev–Trinajstić information content (AvgIpc) is 2.62. The molecule has 0 aliphatic carbocycles. The minimum Gasteiger partial charge on any atom is -0.532 e. The van der Waals surface area contributed by atoms with Gasteiger partial charge in [0, 0.05) is 30.8 Å². The fourth-order valence-electron chi connectivity index (χ4n) is 3.19. The Labute approximate surface area is 151 Å².